The molecule has 1 N–H and O–H groups in total. The van der Waals surface area contributed by atoms with Crippen LogP contribution in [0.5, 0.6) is 5.75 Å². The van der Waals surface area contributed by atoms with Crippen LogP contribution in [-0.2, 0) is 15.3 Å². The lowest BCUT2D eigenvalue weighted by atomic mass is 9.98. The number of esters is 1. The summed E-state index contributed by atoms with van der Waals surface area (Å²) >= 11 is 1.50. The highest BCUT2D eigenvalue weighted by molar-refractivity contribution is 7.98. The number of furan rings is 1. The van der Waals surface area contributed by atoms with Gasteiger partial charge in [0.05, 0.1) is 31.5 Å². The van der Waals surface area contributed by atoms with E-state index < -0.39 is 23.1 Å². The third kappa shape index (κ3) is 4.62. The third-order valence-corrected chi connectivity index (χ3v) is 4.96. The molecule has 0 saturated carbocycles. The summed E-state index contributed by atoms with van der Waals surface area (Å²) in [5, 5.41) is 10.3. The van der Waals surface area contributed by atoms with Gasteiger partial charge in [-0.2, -0.15) is 0 Å². The maximum Gasteiger partial charge on any atom is 0.306 e. The number of hydrogen-bond donors (Lipinski definition) is 1. The van der Waals surface area contributed by atoms with Gasteiger partial charge in [-0.05, 0) is 24.3 Å². The van der Waals surface area contributed by atoms with Crippen LogP contribution < -0.4 is 5.43 Å². The zero-order valence-corrected chi connectivity index (χ0v) is 15.4. The Morgan fingerprint density at radius 1 is 1.22 bits per heavy atom. The second-order valence-corrected chi connectivity index (χ2v) is 6.79. The summed E-state index contributed by atoms with van der Waals surface area (Å²) in [4.78, 5) is 25.1. The van der Waals surface area contributed by atoms with Gasteiger partial charge in [0.15, 0.2) is 5.76 Å². The van der Waals surface area contributed by atoms with E-state index in [1.165, 1.54) is 31.2 Å². The van der Waals surface area contributed by atoms with Crippen LogP contribution in [-0.4, -0.2) is 18.2 Å². The fourth-order valence-corrected chi connectivity index (χ4v) is 3.40. The number of ether oxygens (including phenoxy) is 1. The van der Waals surface area contributed by atoms with Gasteiger partial charge >= 0.3 is 5.97 Å². The molecule has 0 spiro atoms. The molecule has 6 nitrogen and oxygen atoms in total. The standard InChI is InChI=1S/C20H18O6S/c1-24-18(22)11-15(17-8-5-9-25-17)20-19(23)16(21)10-13(26-20)12-27-14-6-3-2-4-7-14/h2-10,15,23H,11-12H2,1H3/t15-/m0/s1. The van der Waals surface area contributed by atoms with Gasteiger partial charge in [0.1, 0.15) is 11.5 Å². The first kappa shape index (κ1) is 18.8. The van der Waals surface area contributed by atoms with Gasteiger partial charge in [-0.25, -0.2) is 0 Å². The molecule has 1 atom stereocenters. The Kier molecular flexibility index (Phi) is 6.03. The molecule has 3 aromatic rings. The van der Waals surface area contributed by atoms with Crippen molar-refractivity contribution in [3.63, 3.8) is 0 Å². The van der Waals surface area contributed by atoms with Crippen molar-refractivity contribution < 1.29 is 23.5 Å². The van der Waals surface area contributed by atoms with Crippen LogP contribution >= 0.6 is 11.8 Å². The van der Waals surface area contributed by atoms with Gasteiger partial charge in [0, 0.05) is 11.0 Å². The zero-order valence-electron chi connectivity index (χ0n) is 14.6. The van der Waals surface area contributed by atoms with Crippen LogP contribution in [0.25, 0.3) is 0 Å². The lowest BCUT2D eigenvalue weighted by Crippen LogP contribution is -2.13. The molecule has 2 heterocycles. The smallest absolute Gasteiger partial charge is 0.306 e. The number of benzene rings is 1. The molecule has 0 amide bonds. The minimum Gasteiger partial charge on any atom is -0.502 e. The minimum atomic E-state index is -0.762. The third-order valence-electron chi connectivity index (χ3n) is 3.93. The van der Waals surface area contributed by atoms with Crippen molar-refractivity contribution in [1.82, 2.24) is 0 Å². The van der Waals surface area contributed by atoms with Crippen LogP contribution in [0.1, 0.15) is 29.6 Å². The second kappa shape index (κ2) is 8.64. The van der Waals surface area contributed by atoms with E-state index in [4.69, 9.17) is 13.6 Å². The molecular weight excluding hydrogens is 368 g/mol. The van der Waals surface area contributed by atoms with Crippen LogP contribution in [0.2, 0.25) is 0 Å². The predicted molar refractivity (Wildman–Crippen MR) is 99.8 cm³/mol. The van der Waals surface area contributed by atoms with E-state index >= 15 is 0 Å². The summed E-state index contributed by atoms with van der Waals surface area (Å²) in [7, 11) is 1.27. The minimum absolute atomic E-state index is 0.00786. The number of aromatic hydroxyl groups is 1. The van der Waals surface area contributed by atoms with Crippen LogP contribution in [0.15, 0.2) is 73.3 Å². The maximum atomic E-state index is 12.2. The number of hydrogen-bond acceptors (Lipinski definition) is 7. The van der Waals surface area contributed by atoms with Crippen molar-refractivity contribution in [3.8, 4) is 5.75 Å². The number of thioether (sulfide) groups is 1. The lowest BCUT2D eigenvalue weighted by Gasteiger charge is -2.15. The van der Waals surface area contributed by atoms with Gasteiger partial charge in [-0.1, -0.05) is 18.2 Å². The van der Waals surface area contributed by atoms with Crippen molar-refractivity contribution >= 4 is 17.7 Å². The quantitative estimate of drug-likeness (QED) is 0.486. The van der Waals surface area contributed by atoms with Gasteiger partial charge in [-0.3, -0.25) is 9.59 Å². The molecule has 0 fully saturated rings. The number of methoxy groups -OCH3 is 1. The molecule has 0 unspecified atom stereocenters. The molecule has 2 aromatic heterocycles. The fourth-order valence-electron chi connectivity index (χ4n) is 2.60. The average molecular weight is 386 g/mol. The molecular formula is C20H18O6S. The highest BCUT2D eigenvalue weighted by atomic mass is 32.2. The Bertz CT molecular complexity index is 946. The molecule has 0 aliphatic heterocycles. The van der Waals surface area contributed by atoms with E-state index in [-0.39, 0.29) is 12.2 Å². The number of rotatable bonds is 7. The van der Waals surface area contributed by atoms with Gasteiger partial charge in [0.2, 0.25) is 11.2 Å². The summed E-state index contributed by atoms with van der Waals surface area (Å²) < 4.78 is 15.9. The summed E-state index contributed by atoms with van der Waals surface area (Å²) in [5.74, 6) is -0.630. The Morgan fingerprint density at radius 2 is 2.00 bits per heavy atom. The van der Waals surface area contributed by atoms with E-state index in [2.05, 4.69) is 0 Å². The van der Waals surface area contributed by atoms with E-state index in [9.17, 15) is 14.7 Å². The average Bonchev–Trinajstić information content (AvgIpc) is 3.22. The highest BCUT2D eigenvalue weighted by Crippen LogP contribution is 2.34. The van der Waals surface area contributed by atoms with Crippen LogP contribution in [0, 0.1) is 0 Å². The first-order valence-electron chi connectivity index (χ1n) is 8.22. The number of carbonyl (C=O) groups is 1. The molecule has 0 radical (unpaired) electrons. The largest absolute Gasteiger partial charge is 0.502 e. The highest BCUT2D eigenvalue weighted by Gasteiger charge is 2.28. The number of carbonyl (C=O) groups excluding carboxylic acids is 1. The first-order valence-corrected chi connectivity index (χ1v) is 9.21. The molecule has 1 aromatic carbocycles. The lowest BCUT2D eigenvalue weighted by molar-refractivity contribution is -0.141. The molecule has 27 heavy (non-hydrogen) atoms. The first-order chi connectivity index (χ1) is 13.1. The van der Waals surface area contributed by atoms with Crippen LogP contribution in [0.4, 0.5) is 0 Å². The van der Waals surface area contributed by atoms with Crippen molar-refractivity contribution in [2.75, 3.05) is 7.11 Å². The van der Waals surface area contributed by atoms with Gasteiger partial charge < -0.3 is 18.7 Å². The molecule has 0 aliphatic carbocycles. The van der Waals surface area contributed by atoms with Crippen molar-refractivity contribution in [2.45, 2.75) is 23.0 Å². The zero-order chi connectivity index (χ0) is 19.2. The summed E-state index contributed by atoms with van der Waals surface area (Å²) in [6, 6.07) is 14.2. The molecule has 7 heteroatoms. The topological polar surface area (TPSA) is 89.9 Å². The summed E-state index contributed by atoms with van der Waals surface area (Å²) in [5.41, 5.74) is -0.568. The summed E-state index contributed by atoms with van der Waals surface area (Å²) in [6.45, 7) is 0. The fraction of sp³-hybridized carbons (Fsp3) is 0.200. The summed E-state index contributed by atoms with van der Waals surface area (Å²) in [6.07, 6.45) is 1.32. The molecule has 140 valence electrons. The monoisotopic (exact) mass is 386 g/mol. The molecule has 0 bridgehead atoms. The van der Waals surface area contributed by atoms with E-state index in [0.29, 0.717) is 17.3 Å². The Hall–Kier alpha value is -2.93. The van der Waals surface area contributed by atoms with Crippen LogP contribution in [0.3, 0.4) is 0 Å². The SMILES string of the molecule is COC(=O)C[C@@H](c1ccco1)c1oc(CSc2ccccc2)cc(=O)c1O. The van der Waals surface area contributed by atoms with Crippen molar-refractivity contribution in [1.29, 1.82) is 0 Å². The Morgan fingerprint density at radius 3 is 2.67 bits per heavy atom. The van der Waals surface area contributed by atoms with E-state index in [1.54, 1.807) is 12.1 Å². The second-order valence-electron chi connectivity index (χ2n) is 5.74. The molecule has 0 aliphatic rings. The normalized spacial score (nSPS) is 11.9. The van der Waals surface area contributed by atoms with Crippen molar-refractivity contribution in [2.24, 2.45) is 0 Å². The van der Waals surface area contributed by atoms with E-state index in [1.807, 2.05) is 30.3 Å². The van der Waals surface area contributed by atoms with Gasteiger partial charge in [0.25, 0.3) is 0 Å². The van der Waals surface area contributed by atoms with Gasteiger partial charge in [-0.15, -0.1) is 11.8 Å². The van der Waals surface area contributed by atoms with E-state index in [0.717, 1.165) is 4.90 Å². The van der Waals surface area contributed by atoms with Crippen molar-refractivity contribution in [3.05, 3.63) is 82.3 Å². The molecule has 3 rings (SSSR count). The Labute approximate surface area is 159 Å². The maximum absolute atomic E-state index is 12.2. The molecule has 0 saturated heterocycles. The predicted octanol–water partition coefficient (Wildman–Crippen LogP) is 3.93. The Balaban J connectivity index is 1.93.